The Morgan fingerprint density at radius 2 is 2.07 bits per heavy atom. The molecule has 2 nitrogen and oxygen atoms in total. The summed E-state index contributed by atoms with van der Waals surface area (Å²) < 4.78 is 0. The molecule has 0 aromatic carbocycles. The Bertz CT molecular complexity index is 298. The number of rotatable bonds is 4. The third kappa shape index (κ3) is 4.41. The molecule has 0 fully saturated rings. The highest BCUT2D eigenvalue weighted by molar-refractivity contribution is 5.91. The van der Waals surface area contributed by atoms with Crippen LogP contribution in [0.2, 0.25) is 0 Å². The summed E-state index contributed by atoms with van der Waals surface area (Å²) in [5, 5.41) is 0. The van der Waals surface area contributed by atoms with Crippen LogP contribution in [0.25, 0.3) is 0 Å². The van der Waals surface area contributed by atoms with Crippen LogP contribution in [0, 0.1) is 5.41 Å². The molecule has 0 N–H and O–H groups in total. The first-order valence-corrected chi connectivity index (χ1v) is 5.61. The van der Waals surface area contributed by atoms with Gasteiger partial charge in [-0.15, -0.1) is 0 Å². The lowest BCUT2D eigenvalue weighted by molar-refractivity contribution is -0.117. The first-order valence-electron chi connectivity index (χ1n) is 5.61. The van der Waals surface area contributed by atoms with E-state index >= 15 is 0 Å². The third-order valence-electron chi connectivity index (χ3n) is 2.75. The van der Waals surface area contributed by atoms with Crippen LogP contribution in [0.3, 0.4) is 0 Å². The monoisotopic (exact) mass is 208 g/mol. The van der Waals surface area contributed by atoms with E-state index in [1.54, 1.807) is 13.0 Å². The highest BCUT2D eigenvalue weighted by atomic mass is 16.1. The topological polar surface area (TPSA) is 34.1 Å². The maximum Gasteiger partial charge on any atom is 0.156 e. The third-order valence-corrected chi connectivity index (χ3v) is 2.75. The molecule has 15 heavy (non-hydrogen) atoms. The predicted octanol–water partition coefficient (Wildman–Crippen LogP) is 3.06. The first kappa shape index (κ1) is 12.2. The smallest absolute Gasteiger partial charge is 0.156 e. The highest BCUT2D eigenvalue weighted by Gasteiger charge is 2.26. The van der Waals surface area contributed by atoms with E-state index in [2.05, 4.69) is 13.8 Å². The zero-order valence-electron chi connectivity index (χ0n) is 9.93. The zero-order valence-corrected chi connectivity index (χ0v) is 9.93. The second-order valence-corrected chi connectivity index (χ2v) is 5.34. The van der Waals surface area contributed by atoms with Gasteiger partial charge in [-0.3, -0.25) is 4.79 Å². The molecule has 1 aliphatic carbocycles. The Kier molecular flexibility index (Phi) is 3.83. The minimum Gasteiger partial charge on any atom is -0.300 e. The summed E-state index contributed by atoms with van der Waals surface area (Å²) in [6.45, 7) is 5.87. The van der Waals surface area contributed by atoms with Gasteiger partial charge in [0, 0.05) is 12.8 Å². The lowest BCUT2D eigenvalue weighted by Crippen LogP contribution is -2.21. The minimum absolute atomic E-state index is 0.109. The average molecular weight is 208 g/mol. The molecule has 0 amide bonds. The summed E-state index contributed by atoms with van der Waals surface area (Å²) in [4.78, 5) is 22.2. The SMILES string of the molecule is CC(=O)CCCC1=CC(=O)CC(C)(C)C1. The molecule has 0 spiro atoms. The van der Waals surface area contributed by atoms with Gasteiger partial charge in [0.15, 0.2) is 5.78 Å². The van der Waals surface area contributed by atoms with Gasteiger partial charge < -0.3 is 4.79 Å². The molecule has 84 valence electrons. The van der Waals surface area contributed by atoms with Crippen molar-refractivity contribution in [2.45, 2.75) is 52.9 Å². The van der Waals surface area contributed by atoms with Gasteiger partial charge in [0.25, 0.3) is 0 Å². The van der Waals surface area contributed by atoms with E-state index in [-0.39, 0.29) is 17.0 Å². The summed E-state index contributed by atoms with van der Waals surface area (Å²) in [6.07, 6.45) is 5.84. The standard InChI is InChI=1S/C13H20O2/c1-10(14)5-4-6-11-7-12(15)9-13(2,3)8-11/h7H,4-6,8-9H2,1-3H3. The van der Waals surface area contributed by atoms with Crippen LogP contribution >= 0.6 is 0 Å². The summed E-state index contributed by atoms with van der Waals surface area (Å²) >= 11 is 0. The largest absolute Gasteiger partial charge is 0.300 e. The van der Waals surface area contributed by atoms with E-state index in [1.165, 1.54) is 5.57 Å². The van der Waals surface area contributed by atoms with Crippen molar-refractivity contribution in [2.24, 2.45) is 5.41 Å². The molecule has 0 aromatic heterocycles. The van der Waals surface area contributed by atoms with Gasteiger partial charge in [0.1, 0.15) is 5.78 Å². The van der Waals surface area contributed by atoms with E-state index in [0.29, 0.717) is 12.8 Å². The summed E-state index contributed by atoms with van der Waals surface area (Å²) in [5.41, 5.74) is 1.33. The molecule has 0 aliphatic heterocycles. The van der Waals surface area contributed by atoms with Crippen molar-refractivity contribution in [1.29, 1.82) is 0 Å². The quantitative estimate of drug-likeness (QED) is 0.711. The van der Waals surface area contributed by atoms with Gasteiger partial charge in [-0.05, 0) is 37.7 Å². The van der Waals surface area contributed by atoms with Gasteiger partial charge in [0.05, 0.1) is 0 Å². The summed E-state index contributed by atoms with van der Waals surface area (Å²) in [6, 6.07) is 0. The molecule has 0 saturated heterocycles. The van der Waals surface area contributed by atoms with E-state index in [4.69, 9.17) is 0 Å². The molecule has 0 radical (unpaired) electrons. The van der Waals surface area contributed by atoms with Gasteiger partial charge in [-0.25, -0.2) is 0 Å². The Morgan fingerprint density at radius 3 is 2.60 bits per heavy atom. The molecule has 0 aromatic rings. The predicted molar refractivity (Wildman–Crippen MR) is 60.6 cm³/mol. The summed E-state index contributed by atoms with van der Waals surface area (Å²) in [7, 11) is 0. The van der Waals surface area contributed by atoms with Crippen LogP contribution in [0.4, 0.5) is 0 Å². The molecule has 0 atom stereocenters. The van der Waals surface area contributed by atoms with Crippen LogP contribution in [0.5, 0.6) is 0 Å². The second-order valence-electron chi connectivity index (χ2n) is 5.34. The lowest BCUT2D eigenvalue weighted by Gasteiger charge is -2.28. The van der Waals surface area contributed by atoms with Crippen LogP contribution in [-0.2, 0) is 9.59 Å². The number of carbonyl (C=O) groups is 2. The number of allylic oxidation sites excluding steroid dienone is 2. The van der Waals surface area contributed by atoms with Gasteiger partial charge in [-0.1, -0.05) is 19.4 Å². The van der Waals surface area contributed by atoms with Gasteiger partial charge in [0.2, 0.25) is 0 Å². The molecule has 0 unspecified atom stereocenters. The van der Waals surface area contributed by atoms with Crippen molar-refractivity contribution in [3.05, 3.63) is 11.6 Å². The fraction of sp³-hybridized carbons (Fsp3) is 0.692. The maximum absolute atomic E-state index is 11.4. The van der Waals surface area contributed by atoms with E-state index in [0.717, 1.165) is 19.3 Å². The summed E-state index contributed by atoms with van der Waals surface area (Å²) in [5.74, 6) is 0.473. The molecular weight excluding hydrogens is 188 g/mol. The average Bonchev–Trinajstić information content (AvgIpc) is 1.98. The second kappa shape index (κ2) is 4.73. The normalized spacial score (nSPS) is 19.9. The lowest BCUT2D eigenvalue weighted by atomic mass is 9.76. The van der Waals surface area contributed by atoms with Gasteiger partial charge in [-0.2, -0.15) is 0 Å². The van der Waals surface area contributed by atoms with Gasteiger partial charge >= 0.3 is 0 Å². The molecule has 0 bridgehead atoms. The Hall–Kier alpha value is -0.920. The van der Waals surface area contributed by atoms with E-state index < -0.39 is 0 Å². The number of carbonyl (C=O) groups excluding carboxylic acids is 2. The fourth-order valence-corrected chi connectivity index (χ4v) is 2.20. The molecule has 0 saturated carbocycles. The van der Waals surface area contributed by atoms with Crippen molar-refractivity contribution in [2.75, 3.05) is 0 Å². The zero-order chi connectivity index (χ0) is 11.5. The Labute approximate surface area is 91.7 Å². The number of hydrogen-bond donors (Lipinski definition) is 0. The fourth-order valence-electron chi connectivity index (χ4n) is 2.20. The van der Waals surface area contributed by atoms with Crippen LogP contribution in [0.1, 0.15) is 52.9 Å². The van der Waals surface area contributed by atoms with E-state index in [1.807, 2.05) is 0 Å². The van der Waals surface area contributed by atoms with Crippen molar-refractivity contribution >= 4 is 11.6 Å². The Morgan fingerprint density at radius 1 is 1.40 bits per heavy atom. The number of ketones is 2. The first-order chi connectivity index (χ1) is 6.89. The van der Waals surface area contributed by atoms with Crippen LogP contribution < -0.4 is 0 Å². The van der Waals surface area contributed by atoms with Crippen LogP contribution in [-0.4, -0.2) is 11.6 Å². The van der Waals surface area contributed by atoms with Crippen LogP contribution in [0.15, 0.2) is 11.6 Å². The van der Waals surface area contributed by atoms with E-state index in [9.17, 15) is 9.59 Å². The number of Topliss-reactive ketones (excluding diaryl/α,β-unsaturated/α-hetero) is 1. The van der Waals surface area contributed by atoms with Crippen molar-refractivity contribution in [1.82, 2.24) is 0 Å². The maximum atomic E-state index is 11.4. The number of hydrogen-bond acceptors (Lipinski definition) is 2. The minimum atomic E-state index is 0.109. The molecule has 2 heteroatoms. The molecule has 0 heterocycles. The van der Waals surface area contributed by atoms with Crippen molar-refractivity contribution in [3.8, 4) is 0 Å². The van der Waals surface area contributed by atoms with Crippen molar-refractivity contribution in [3.63, 3.8) is 0 Å². The van der Waals surface area contributed by atoms with Crippen molar-refractivity contribution < 1.29 is 9.59 Å². The molecular formula is C13H20O2. The molecule has 1 aliphatic rings. The molecule has 1 rings (SSSR count). The highest BCUT2D eigenvalue weighted by Crippen LogP contribution is 2.35. The Balaban J connectivity index is 2.48.